The second-order valence-electron chi connectivity index (χ2n) is 2.50. The molecule has 66 valence electrons. The summed E-state index contributed by atoms with van der Waals surface area (Å²) in [6.07, 6.45) is 0.607. The van der Waals surface area contributed by atoms with E-state index in [4.69, 9.17) is 4.74 Å². The second-order valence-corrected chi connectivity index (χ2v) is 4.26. The Kier molecular flexibility index (Phi) is 2.86. The Morgan fingerprint density at radius 2 is 2.27 bits per heavy atom. The smallest absolute Gasteiger partial charge is 0.267 e. The maximum absolute atomic E-state index is 10.9. The van der Waals surface area contributed by atoms with E-state index in [1.165, 1.54) is 0 Å². The molecule has 0 aliphatic carbocycles. The van der Waals surface area contributed by atoms with Crippen molar-refractivity contribution in [3.8, 4) is 0 Å². The zero-order valence-electron chi connectivity index (χ0n) is 6.45. The standard InChI is InChI=1S/C6H12O4S/c1-2-3-11(7,8)10-5-6-4-9-6/h6H,2-5H2,1H3/t6-/m1/s1. The molecule has 1 atom stereocenters. The molecular formula is C6H12O4S. The summed E-state index contributed by atoms with van der Waals surface area (Å²) >= 11 is 0. The van der Waals surface area contributed by atoms with Crippen molar-refractivity contribution in [2.24, 2.45) is 0 Å². The van der Waals surface area contributed by atoms with E-state index in [1.54, 1.807) is 6.92 Å². The van der Waals surface area contributed by atoms with Crippen LogP contribution in [0, 0.1) is 0 Å². The molecule has 1 aliphatic rings. The topological polar surface area (TPSA) is 55.9 Å². The van der Waals surface area contributed by atoms with E-state index in [2.05, 4.69) is 4.18 Å². The molecule has 0 saturated carbocycles. The van der Waals surface area contributed by atoms with Gasteiger partial charge in [-0.05, 0) is 6.42 Å². The number of epoxide rings is 1. The van der Waals surface area contributed by atoms with Gasteiger partial charge in [-0.15, -0.1) is 0 Å². The van der Waals surface area contributed by atoms with E-state index < -0.39 is 10.1 Å². The van der Waals surface area contributed by atoms with Crippen LogP contribution < -0.4 is 0 Å². The van der Waals surface area contributed by atoms with E-state index in [0.717, 1.165) is 0 Å². The van der Waals surface area contributed by atoms with Crippen molar-refractivity contribution in [1.29, 1.82) is 0 Å². The molecule has 11 heavy (non-hydrogen) atoms. The van der Waals surface area contributed by atoms with Gasteiger partial charge < -0.3 is 4.74 Å². The van der Waals surface area contributed by atoms with Crippen LogP contribution in [0.3, 0.4) is 0 Å². The molecular weight excluding hydrogens is 168 g/mol. The highest BCUT2D eigenvalue weighted by Gasteiger charge is 2.25. The zero-order valence-corrected chi connectivity index (χ0v) is 7.26. The fraction of sp³-hybridized carbons (Fsp3) is 1.00. The zero-order chi connectivity index (χ0) is 8.32. The first kappa shape index (κ1) is 8.96. The lowest BCUT2D eigenvalue weighted by Gasteiger charge is -2.00. The predicted molar refractivity (Wildman–Crippen MR) is 39.8 cm³/mol. The Bertz CT molecular complexity index is 205. The molecule has 1 heterocycles. The van der Waals surface area contributed by atoms with Gasteiger partial charge in [-0.3, -0.25) is 4.18 Å². The number of rotatable bonds is 5. The van der Waals surface area contributed by atoms with Crippen LogP contribution in [0.1, 0.15) is 13.3 Å². The average Bonchev–Trinajstić information content (AvgIpc) is 2.65. The van der Waals surface area contributed by atoms with Crippen LogP contribution in [0.2, 0.25) is 0 Å². The van der Waals surface area contributed by atoms with Crippen molar-refractivity contribution in [3.63, 3.8) is 0 Å². The molecule has 4 nitrogen and oxygen atoms in total. The van der Waals surface area contributed by atoms with Gasteiger partial charge in [-0.2, -0.15) is 8.42 Å². The number of hydrogen-bond donors (Lipinski definition) is 0. The van der Waals surface area contributed by atoms with Crippen LogP contribution in [-0.2, 0) is 19.0 Å². The summed E-state index contributed by atoms with van der Waals surface area (Å²) in [6, 6.07) is 0. The minimum absolute atomic E-state index is 0.0154. The molecule has 1 aliphatic heterocycles. The molecule has 0 radical (unpaired) electrons. The van der Waals surface area contributed by atoms with Gasteiger partial charge in [0.25, 0.3) is 10.1 Å². The van der Waals surface area contributed by atoms with Gasteiger partial charge in [0.05, 0.1) is 19.0 Å². The van der Waals surface area contributed by atoms with Crippen molar-refractivity contribution in [1.82, 2.24) is 0 Å². The molecule has 1 saturated heterocycles. The Hall–Kier alpha value is -0.130. The van der Waals surface area contributed by atoms with Gasteiger partial charge in [0.2, 0.25) is 0 Å². The quantitative estimate of drug-likeness (QED) is 0.446. The monoisotopic (exact) mass is 180 g/mol. The fourth-order valence-corrected chi connectivity index (χ4v) is 1.63. The van der Waals surface area contributed by atoms with E-state index in [-0.39, 0.29) is 18.5 Å². The Morgan fingerprint density at radius 1 is 1.64 bits per heavy atom. The molecule has 0 aromatic carbocycles. The highest BCUT2D eigenvalue weighted by molar-refractivity contribution is 7.86. The maximum Gasteiger partial charge on any atom is 0.267 e. The second kappa shape index (κ2) is 3.51. The third-order valence-electron chi connectivity index (χ3n) is 1.29. The number of ether oxygens (including phenoxy) is 1. The lowest BCUT2D eigenvalue weighted by Crippen LogP contribution is -2.13. The normalized spacial score (nSPS) is 23.5. The van der Waals surface area contributed by atoms with Crippen molar-refractivity contribution in [3.05, 3.63) is 0 Å². The van der Waals surface area contributed by atoms with E-state index in [1.807, 2.05) is 0 Å². The van der Waals surface area contributed by atoms with E-state index in [0.29, 0.717) is 13.0 Å². The summed E-state index contributed by atoms with van der Waals surface area (Å²) in [5, 5.41) is 0. The Balaban J connectivity index is 2.21. The summed E-state index contributed by atoms with van der Waals surface area (Å²) in [6.45, 7) is 2.61. The van der Waals surface area contributed by atoms with Gasteiger partial charge in [0.15, 0.2) is 0 Å². The van der Waals surface area contributed by atoms with Crippen molar-refractivity contribution < 1.29 is 17.3 Å². The lowest BCUT2D eigenvalue weighted by molar-refractivity contribution is 0.266. The first-order chi connectivity index (χ1) is 5.14. The van der Waals surface area contributed by atoms with Crippen LogP contribution in [-0.4, -0.2) is 33.5 Å². The molecule has 1 fully saturated rings. The van der Waals surface area contributed by atoms with Gasteiger partial charge >= 0.3 is 0 Å². The molecule has 0 bridgehead atoms. The van der Waals surface area contributed by atoms with Gasteiger partial charge in [0.1, 0.15) is 6.10 Å². The van der Waals surface area contributed by atoms with Crippen molar-refractivity contribution in [2.45, 2.75) is 19.4 Å². The summed E-state index contributed by atoms with van der Waals surface area (Å²) in [7, 11) is -3.27. The first-order valence-corrected chi connectivity index (χ1v) is 5.20. The molecule has 5 heteroatoms. The van der Waals surface area contributed by atoms with Crippen LogP contribution in [0.4, 0.5) is 0 Å². The minimum Gasteiger partial charge on any atom is -0.371 e. The van der Waals surface area contributed by atoms with Gasteiger partial charge in [-0.1, -0.05) is 6.92 Å². The minimum atomic E-state index is -3.27. The first-order valence-electron chi connectivity index (χ1n) is 3.63. The Morgan fingerprint density at radius 3 is 2.73 bits per heavy atom. The summed E-state index contributed by atoms with van der Waals surface area (Å²) in [5.74, 6) is 0.0969. The van der Waals surface area contributed by atoms with Gasteiger partial charge in [0, 0.05) is 0 Å². The third kappa shape index (κ3) is 3.69. The predicted octanol–water partition coefficient (Wildman–Crippen LogP) is 0.142. The molecule has 0 amide bonds. The largest absolute Gasteiger partial charge is 0.371 e. The van der Waals surface area contributed by atoms with Crippen LogP contribution in [0.25, 0.3) is 0 Å². The van der Waals surface area contributed by atoms with E-state index in [9.17, 15) is 8.42 Å². The van der Waals surface area contributed by atoms with Crippen molar-refractivity contribution >= 4 is 10.1 Å². The molecule has 0 aromatic rings. The lowest BCUT2D eigenvalue weighted by atomic mass is 10.5. The van der Waals surface area contributed by atoms with Gasteiger partial charge in [-0.25, -0.2) is 0 Å². The third-order valence-corrected chi connectivity index (χ3v) is 2.69. The molecule has 1 rings (SSSR count). The summed E-state index contributed by atoms with van der Waals surface area (Å²) in [5.41, 5.74) is 0. The van der Waals surface area contributed by atoms with Crippen LogP contribution >= 0.6 is 0 Å². The average molecular weight is 180 g/mol. The summed E-state index contributed by atoms with van der Waals surface area (Å²) in [4.78, 5) is 0. The van der Waals surface area contributed by atoms with Crippen LogP contribution in [0.5, 0.6) is 0 Å². The van der Waals surface area contributed by atoms with Crippen LogP contribution in [0.15, 0.2) is 0 Å². The maximum atomic E-state index is 10.9. The number of hydrogen-bond acceptors (Lipinski definition) is 4. The molecule has 0 N–H and O–H groups in total. The molecule has 0 unspecified atom stereocenters. The fourth-order valence-electron chi connectivity index (χ4n) is 0.653. The molecule has 0 spiro atoms. The highest BCUT2D eigenvalue weighted by atomic mass is 32.2. The highest BCUT2D eigenvalue weighted by Crippen LogP contribution is 2.10. The molecule has 0 aromatic heterocycles. The van der Waals surface area contributed by atoms with E-state index >= 15 is 0 Å². The Labute approximate surface area is 66.6 Å². The van der Waals surface area contributed by atoms with Crippen molar-refractivity contribution in [2.75, 3.05) is 19.0 Å². The summed E-state index contributed by atoms with van der Waals surface area (Å²) < 4.78 is 31.2. The SMILES string of the molecule is CCCS(=O)(=O)OC[C@H]1CO1.